The van der Waals surface area contributed by atoms with Crippen LogP contribution in [0.2, 0.25) is 0 Å². The Kier molecular flexibility index (Phi) is 4.01. The van der Waals surface area contributed by atoms with Gasteiger partial charge in [0.05, 0.1) is 12.7 Å². The van der Waals surface area contributed by atoms with Gasteiger partial charge in [-0.3, -0.25) is 0 Å². The van der Waals surface area contributed by atoms with Crippen molar-refractivity contribution in [1.29, 1.82) is 0 Å². The molecule has 0 spiro atoms. The number of hydrogen-bond acceptors (Lipinski definition) is 4. The Morgan fingerprint density at radius 1 is 1.31 bits per heavy atom. The lowest BCUT2D eigenvalue weighted by molar-refractivity contribution is 0.138. The standard InChI is InChI=1S/C10H13FO4S/c1-16(14,15)9(6-12)10(13)7-2-4-8(11)5-3-7/h2-5,9-10,12-13H,6H2,1H3/t9-,10-/m0/s1. The molecular formula is C10H13FO4S. The van der Waals surface area contributed by atoms with E-state index in [1.807, 2.05) is 0 Å². The molecule has 2 atom stereocenters. The Morgan fingerprint density at radius 2 is 1.81 bits per heavy atom. The Hall–Kier alpha value is -0.980. The maximum atomic E-state index is 12.6. The highest BCUT2D eigenvalue weighted by Crippen LogP contribution is 2.21. The van der Waals surface area contributed by atoms with Crippen molar-refractivity contribution in [3.8, 4) is 0 Å². The average molecular weight is 248 g/mol. The molecule has 0 aliphatic carbocycles. The molecule has 0 bridgehead atoms. The molecule has 0 radical (unpaired) electrons. The molecule has 1 aromatic carbocycles. The molecule has 90 valence electrons. The van der Waals surface area contributed by atoms with E-state index in [1.54, 1.807) is 0 Å². The summed E-state index contributed by atoms with van der Waals surface area (Å²) in [5.74, 6) is -0.476. The van der Waals surface area contributed by atoms with Gasteiger partial charge < -0.3 is 10.2 Å². The molecule has 4 nitrogen and oxygen atoms in total. The summed E-state index contributed by atoms with van der Waals surface area (Å²) in [6.45, 7) is -0.683. The van der Waals surface area contributed by atoms with Crippen LogP contribution in [-0.4, -0.2) is 36.7 Å². The first-order chi connectivity index (χ1) is 7.36. The monoisotopic (exact) mass is 248 g/mol. The average Bonchev–Trinajstić information content (AvgIpc) is 2.17. The van der Waals surface area contributed by atoms with Gasteiger partial charge in [0.1, 0.15) is 11.1 Å². The third kappa shape index (κ3) is 3.01. The molecule has 0 aliphatic rings. The number of aliphatic hydroxyl groups excluding tert-OH is 2. The van der Waals surface area contributed by atoms with Crippen LogP contribution >= 0.6 is 0 Å². The van der Waals surface area contributed by atoms with Crippen molar-refractivity contribution in [2.45, 2.75) is 11.4 Å². The molecule has 0 heterocycles. The fourth-order valence-corrected chi connectivity index (χ4v) is 2.24. The molecule has 0 fully saturated rings. The summed E-state index contributed by atoms with van der Waals surface area (Å²) in [6.07, 6.45) is -0.429. The predicted octanol–water partition coefficient (Wildman–Crippen LogP) is 0.265. The Morgan fingerprint density at radius 3 is 2.19 bits per heavy atom. The molecule has 1 rings (SSSR count). The first-order valence-corrected chi connectivity index (χ1v) is 6.55. The molecule has 6 heteroatoms. The van der Waals surface area contributed by atoms with E-state index in [4.69, 9.17) is 5.11 Å². The topological polar surface area (TPSA) is 74.6 Å². The minimum absolute atomic E-state index is 0.255. The summed E-state index contributed by atoms with van der Waals surface area (Å²) in [5.41, 5.74) is 0.255. The fraction of sp³-hybridized carbons (Fsp3) is 0.400. The first-order valence-electron chi connectivity index (χ1n) is 4.59. The summed E-state index contributed by atoms with van der Waals surface area (Å²) in [4.78, 5) is 0. The summed E-state index contributed by atoms with van der Waals surface area (Å²) in [7, 11) is -3.57. The fourth-order valence-electron chi connectivity index (χ4n) is 1.34. The zero-order chi connectivity index (χ0) is 12.3. The highest BCUT2D eigenvalue weighted by molar-refractivity contribution is 7.91. The number of rotatable bonds is 4. The first kappa shape index (κ1) is 13.1. The van der Waals surface area contributed by atoms with Crippen molar-refractivity contribution in [2.24, 2.45) is 0 Å². The largest absolute Gasteiger partial charge is 0.395 e. The molecule has 0 aromatic heterocycles. The van der Waals surface area contributed by atoms with Crippen LogP contribution in [0.15, 0.2) is 24.3 Å². The van der Waals surface area contributed by atoms with Crippen LogP contribution in [0.4, 0.5) is 4.39 Å². The van der Waals surface area contributed by atoms with Gasteiger partial charge in [0.25, 0.3) is 0 Å². The zero-order valence-corrected chi connectivity index (χ0v) is 9.48. The van der Waals surface area contributed by atoms with Crippen LogP contribution in [0.25, 0.3) is 0 Å². The van der Waals surface area contributed by atoms with E-state index in [0.29, 0.717) is 0 Å². The minimum atomic E-state index is -3.57. The third-order valence-corrected chi connectivity index (χ3v) is 3.80. The predicted molar refractivity (Wildman–Crippen MR) is 57.1 cm³/mol. The molecule has 0 amide bonds. The second-order valence-corrected chi connectivity index (χ2v) is 5.81. The van der Waals surface area contributed by atoms with Gasteiger partial charge >= 0.3 is 0 Å². The highest BCUT2D eigenvalue weighted by Gasteiger charge is 2.29. The lowest BCUT2D eigenvalue weighted by atomic mass is 10.1. The molecule has 1 aromatic rings. The number of sulfone groups is 1. The van der Waals surface area contributed by atoms with Gasteiger partial charge in [0.15, 0.2) is 9.84 Å². The normalized spacial score (nSPS) is 15.8. The van der Waals surface area contributed by atoms with E-state index >= 15 is 0 Å². The Bertz CT molecular complexity index is 440. The Balaban J connectivity index is 3.00. The molecule has 0 aliphatic heterocycles. The summed E-state index contributed by atoms with van der Waals surface area (Å²) in [6, 6.07) is 4.81. The molecule has 0 saturated heterocycles. The molecule has 16 heavy (non-hydrogen) atoms. The summed E-state index contributed by atoms with van der Waals surface area (Å²) in [5, 5.41) is 17.4. The van der Waals surface area contributed by atoms with E-state index < -0.39 is 33.6 Å². The van der Waals surface area contributed by atoms with Crippen LogP contribution in [0.5, 0.6) is 0 Å². The van der Waals surface area contributed by atoms with Gasteiger partial charge in [-0.25, -0.2) is 12.8 Å². The molecular weight excluding hydrogens is 235 g/mol. The van der Waals surface area contributed by atoms with Crippen molar-refractivity contribution in [3.05, 3.63) is 35.6 Å². The number of benzene rings is 1. The van der Waals surface area contributed by atoms with Gasteiger partial charge in [-0.05, 0) is 17.7 Å². The molecule has 0 saturated carbocycles. The van der Waals surface area contributed by atoms with E-state index in [-0.39, 0.29) is 5.56 Å². The van der Waals surface area contributed by atoms with Gasteiger partial charge in [0.2, 0.25) is 0 Å². The highest BCUT2D eigenvalue weighted by atomic mass is 32.2. The lowest BCUT2D eigenvalue weighted by Crippen LogP contribution is -2.31. The summed E-state index contributed by atoms with van der Waals surface area (Å²) < 4.78 is 35.1. The van der Waals surface area contributed by atoms with Crippen molar-refractivity contribution < 1.29 is 23.0 Å². The number of halogens is 1. The van der Waals surface area contributed by atoms with E-state index in [9.17, 15) is 17.9 Å². The quantitative estimate of drug-likeness (QED) is 0.801. The lowest BCUT2D eigenvalue weighted by Gasteiger charge is -2.19. The van der Waals surface area contributed by atoms with Crippen LogP contribution in [0, 0.1) is 5.82 Å². The van der Waals surface area contributed by atoms with E-state index in [2.05, 4.69) is 0 Å². The van der Waals surface area contributed by atoms with Crippen LogP contribution in [0.1, 0.15) is 11.7 Å². The van der Waals surface area contributed by atoms with Gasteiger partial charge in [-0.15, -0.1) is 0 Å². The van der Waals surface area contributed by atoms with Crippen LogP contribution in [-0.2, 0) is 9.84 Å². The van der Waals surface area contributed by atoms with Crippen molar-refractivity contribution in [3.63, 3.8) is 0 Å². The minimum Gasteiger partial charge on any atom is -0.395 e. The maximum absolute atomic E-state index is 12.6. The third-order valence-electron chi connectivity index (χ3n) is 2.29. The van der Waals surface area contributed by atoms with Crippen molar-refractivity contribution in [1.82, 2.24) is 0 Å². The Labute approximate surface area is 93.3 Å². The smallest absolute Gasteiger partial charge is 0.155 e. The van der Waals surface area contributed by atoms with Crippen LogP contribution in [0.3, 0.4) is 0 Å². The SMILES string of the molecule is CS(=O)(=O)[C@@H](CO)[C@@H](O)c1ccc(F)cc1. The van der Waals surface area contributed by atoms with E-state index in [0.717, 1.165) is 18.4 Å². The second kappa shape index (κ2) is 4.90. The van der Waals surface area contributed by atoms with Crippen LogP contribution < -0.4 is 0 Å². The van der Waals surface area contributed by atoms with Crippen molar-refractivity contribution >= 4 is 9.84 Å². The van der Waals surface area contributed by atoms with E-state index in [1.165, 1.54) is 12.1 Å². The van der Waals surface area contributed by atoms with Gasteiger partial charge in [0, 0.05) is 6.26 Å². The molecule has 2 N–H and O–H groups in total. The summed E-state index contributed by atoms with van der Waals surface area (Å²) >= 11 is 0. The zero-order valence-electron chi connectivity index (χ0n) is 8.67. The molecule has 0 unspecified atom stereocenters. The number of aliphatic hydroxyl groups is 2. The second-order valence-electron chi connectivity index (χ2n) is 3.55. The maximum Gasteiger partial charge on any atom is 0.155 e. The van der Waals surface area contributed by atoms with Gasteiger partial charge in [-0.2, -0.15) is 0 Å². The van der Waals surface area contributed by atoms with Gasteiger partial charge in [-0.1, -0.05) is 12.1 Å². The van der Waals surface area contributed by atoms with Crippen molar-refractivity contribution in [2.75, 3.05) is 12.9 Å². The number of hydrogen-bond donors (Lipinski definition) is 2.